The molecule has 122 valence electrons. The second-order valence-corrected chi connectivity index (χ2v) is 6.59. The maximum atomic E-state index is 5.91. The van der Waals surface area contributed by atoms with Gasteiger partial charge in [-0.3, -0.25) is 0 Å². The van der Waals surface area contributed by atoms with Gasteiger partial charge in [0.05, 0.1) is 0 Å². The standard InChI is InChI=1S/C19H23BrN2O/c1-3-22(4-2)11-7-10-21-17-12-15-14-8-5-6-9-18(14)23-19(15)13-16(17)20/h5-6,8-9,12-13,21H,3-4,7,10-11H2,1-2H3. The third-order valence-corrected chi connectivity index (χ3v) is 4.98. The fourth-order valence-corrected chi connectivity index (χ4v) is 3.41. The minimum Gasteiger partial charge on any atom is -0.456 e. The first-order chi connectivity index (χ1) is 11.2. The number of anilines is 1. The van der Waals surface area contributed by atoms with Crippen LogP contribution in [-0.4, -0.2) is 31.1 Å². The number of hydrogen-bond acceptors (Lipinski definition) is 3. The Hall–Kier alpha value is -1.52. The van der Waals surface area contributed by atoms with Gasteiger partial charge in [0, 0.05) is 27.5 Å². The smallest absolute Gasteiger partial charge is 0.136 e. The third kappa shape index (κ3) is 3.54. The number of hydrogen-bond donors (Lipinski definition) is 1. The van der Waals surface area contributed by atoms with Gasteiger partial charge in [0.15, 0.2) is 0 Å². The Labute approximate surface area is 145 Å². The zero-order valence-corrected chi connectivity index (χ0v) is 15.3. The average molecular weight is 375 g/mol. The van der Waals surface area contributed by atoms with Crippen LogP contribution in [0.2, 0.25) is 0 Å². The van der Waals surface area contributed by atoms with Gasteiger partial charge in [0.25, 0.3) is 0 Å². The number of para-hydroxylation sites is 1. The lowest BCUT2D eigenvalue weighted by molar-refractivity contribution is 0.303. The van der Waals surface area contributed by atoms with Crippen molar-refractivity contribution >= 4 is 43.6 Å². The highest BCUT2D eigenvalue weighted by molar-refractivity contribution is 9.10. The van der Waals surface area contributed by atoms with Crippen LogP contribution in [0.1, 0.15) is 20.3 Å². The minimum absolute atomic E-state index is 0.923. The molecule has 1 aromatic heterocycles. The minimum atomic E-state index is 0.923. The summed E-state index contributed by atoms with van der Waals surface area (Å²) in [7, 11) is 0. The van der Waals surface area contributed by atoms with Crippen LogP contribution in [0.3, 0.4) is 0 Å². The number of nitrogens with one attached hydrogen (secondary N) is 1. The molecule has 0 fully saturated rings. The van der Waals surface area contributed by atoms with Crippen molar-refractivity contribution in [3.63, 3.8) is 0 Å². The van der Waals surface area contributed by atoms with Gasteiger partial charge in [-0.15, -0.1) is 0 Å². The molecular weight excluding hydrogens is 352 g/mol. The first-order valence-electron chi connectivity index (χ1n) is 8.30. The highest BCUT2D eigenvalue weighted by atomic mass is 79.9. The lowest BCUT2D eigenvalue weighted by Crippen LogP contribution is -2.25. The Morgan fingerprint density at radius 2 is 1.83 bits per heavy atom. The van der Waals surface area contributed by atoms with Crippen molar-refractivity contribution in [2.75, 3.05) is 31.5 Å². The molecule has 0 saturated carbocycles. The summed E-state index contributed by atoms with van der Waals surface area (Å²) in [6, 6.07) is 12.4. The highest BCUT2D eigenvalue weighted by Gasteiger charge is 2.10. The van der Waals surface area contributed by atoms with Crippen LogP contribution in [0.25, 0.3) is 21.9 Å². The molecule has 1 N–H and O–H groups in total. The summed E-state index contributed by atoms with van der Waals surface area (Å²) in [5, 5.41) is 5.88. The Morgan fingerprint density at radius 1 is 1.04 bits per heavy atom. The Kier molecular flexibility index (Phi) is 5.23. The molecule has 3 nitrogen and oxygen atoms in total. The van der Waals surface area contributed by atoms with E-state index in [0.29, 0.717) is 0 Å². The van der Waals surface area contributed by atoms with Crippen LogP contribution in [0, 0.1) is 0 Å². The molecule has 0 aliphatic heterocycles. The van der Waals surface area contributed by atoms with Gasteiger partial charge >= 0.3 is 0 Å². The van der Waals surface area contributed by atoms with E-state index in [9.17, 15) is 0 Å². The summed E-state index contributed by atoms with van der Waals surface area (Å²) in [5.41, 5.74) is 2.99. The number of benzene rings is 2. The second kappa shape index (κ2) is 7.37. The van der Waals surface area contributed by atoms with E-state index in [1.54, 1.807) is 0 Å². The Morgan fingerprint density at radius 3 is 2.61 bits per heavy atom. The molecule has 0 amide bonds. The highest BCUT2D eigenvalue weighted by Crippen LogP contribution is 2.34. The first kappa shape index (κ1) is 16.3. The predicted molar refractivity (Wildman–Crippen MR) is 102 cm³/mol. The molecule has 0 saturated heterocycles. The van der Waals surface area contributed by atoms with E-state index in [4.69, 9.17) is 4.42 Å². The molecule has 0 radical (unpaired) electrons. The molecule has 3 aromatic rings. The molecule has 0 aliphatic rings. The number of rotatable bonds is 7. The third-order valence-electron chi connectivity index (χ3n) is 4.33. The fraction of sp³-hybridized carbons (Fsp3) is 0.368. The Balaban J connectivity index is 1.75. The van der Waals surface area contributed by atoms with Crippen molar-refractivity contribution in [1.29, 1.82) is 0 Å². The van der Waals surface area contributed by atoms with Gasteiger partial charge < -0.3 is 14.6 Å². The molecular formula is C19H23BrN2O. The molecule has 23 heavy (non-hydrogen) atoms. The number of fused-ring (bicyclic) bond motifs is 3. The van der Waals surface area contributed by atoms with E-state index >= 15 is 0 Å². The van der Waals surface area contributed by atoms with E-state index in [1.807, 2.05) is 12.1 Å². The predicted octanol–water partition coefficient (Wildman–Crippen LogP) is 5.49. The van der Waals surface area contributed by atoms with Crippen LogP contribution in [-0.2, 0) is 0 Å². The summed E-state index contributed by atoms with van der Waals surface area (Å²) < 4.78 is 6.96. The molecule has 0 bridgehead atoms. The van der Waals surface area contributed by atoms with Gasteiger partial charge in [-0.05, 0) is 60.2 Å². The average Bonchev–Trinajstić information content (AvgIpc) is 2.92. The van der Waals surface area contributed by atoms with Crippen molar-refractivity contribution in [1.82, 2.24) is 4.90 Å². The van der Waals surface area contributed by atoms with Gasteiger partial charge in [-0.25, -0.2) is 0 Å². The lowest BCUT2D eigenvalue weighted by atomic mass is 10.1. The molecule has 3 rings (SSSR count). The molecule has 1 heterocycles. The molecule has 4 heteroatoms. The maximum absolute atomic E-state index is 5.91. The second-order valence-electron chi connectivity index (χ2n) is 5.73. The van der Waals surface area contributed by atoms with E-state index in [0.717, 1.165) is 59.3 Å². The molecule has 0 atom stereocenters. The summed E-state index contributed by atoms with van der Waals surface area (Å²) >= 11 is 3.65. The number of halogens is 1. The van der Waals surface area contributed by atoms with Crippen molar-refractivity contribution in [2.45, 2.75) is 20.3 Å². The van der Waals surface area contributed by atoms with Gasteiger partial charge in [-0.1, -0.05) is 32.0 Å². The summed E-state index contributed by atoms with van der Waals surface area (Å²) in [5.74, 6) is 0. The summed E-state index contributed by atoms with van der Waals surface area (Å²) in [6.45, 7) is 8.77. The Bertz CT molecular complexity index is 793. The van der Waals surface area contributed by atoms with Crippen LogP contribution in [0.4, 0.5) is 5.69 Å². The van der Waals surface area contributed by atoms with Gasteiger partial charge in [-0.2, -0.15) is 0 Å². The number of furan rings is 1. The van der Waals surface area contributed by atoms with Gasteiger partial charge in [0.1, 0.15) is 11.2 Å². The van der Waals surface area contributed by atoms with Crippen molar-refractivity contribution in [3.05, 3.63) is 40.9 Å². The van der Waals surface area contributed by atoms with E-state index < -0.39 is 0 Å². The summed E-state index contributed by atoms with van der Waals surface area (Å²) in [6.07, 6.45) is 1.14. The fourth-order valence-electron chi connectivity index (χ4n) is 2.95. The SMILES string of the molecule is CCN(CC)CCCNc1cc2c(cc1Br)oc1ccccc12. The van der Waals surface area contributed by atoms with Crippen LogP contribution in [0.5, 0.6) is 0 Å². The largest absolute Gasteiger partial charge is 0.456 e. The van der Waals surface area contributed by atoms with E-state index in [-0.39, 0.29) is 0 Å². The zero-order chi connectivity index (χ0) is 16.2. The monoisotopic (exact) mass is 374 g/mol. The van der Waals surface area contributed by atoms with Gasteiger partial charge in [0.2, 0.25) is 0 Å². The molecule has 2 aromatic carbocycles. The van der Waals surface area contributed by atoms with Crippen LogP contribution >= 0.6 is 15.9 Å². The zero-order valence-electron chi connectivity index (χ0n) is 13.7. The lowest BCUT2D eigenvalue weighted by Gasteiger charge is -2.18. The van der Waals surface area contributed by atoms with Crippen molar-refractivity contribution < 1.29 is 4.42 Å². The first-order valence-corrected chi connectivity index (χ1v) is 9.09. The topological polar surface area (TPSA) is 28.4 Å². The van der Waals surface area contributed by atoms with E-state index in [1.165, 1.54) is 5.39 Å². The van der Waals surface area contributed by atoms with Crippen LogP contribution < -0.4 is 5.32 Å². The number of nitrogens with zero attached hydrogens (tertiary/aromatic N) is 1. The van der Waals surface area contributed by atoms with Crippen LogP contribution in [0.15, 0.2) is 45.3 Å². The normalized spacial score (nSPS) is 11.7. The maximum Gasteiger partial charge on any atom is 0.136 e. The molecule has 0 spiro atoms. The molecule has 0 aliphatic carbocycles. The van der Waals surface area contributed by atoms with E-state index in [2.05, 4.69) is 64.3 Å². The quantitative estimate of drug-likeness (QED) is 0.554. The summed E-state index contributed by atoms with van der Waals surface area (Å²) in [4.78, 5) is 2.45. The van der Waals surface area contributed by atoms with Crippen molar-refractivity contribution in [3.8, 4) is 0 Å². The molecule has 0 unspecified atom stereocenters. The van der Waals surface area contributed by atoms with Crippen molar-refractivity contribution in [2.24, 2.45) is 0 Å².